The van der Waals surface area contributed by atoms with Gasteiger partial charge in [0.2, 0.25) is 5.91 Å². The summed E-state index contributed by atoms with van der Waals surface area (Å²) in [4.78, 5) is 16.8. The predicted octanol–water partition coefficient (Wildman–Crippen LogP) is 3.52. The van der Waals surface area contributed by atoms with Gasteiger partial charge in [0.25, 0.3) is 0 Å². The topological polar surface area (TPSA) is 64.7 Å². The van der Waals surface area contributed by atoms with Gasteiger partial charge in [-0.05, 0) is 30.6 Å². The Bertz CT molecular complexity index is 1060. The molecule has 2 saturated carbocycles. The van der Waals surface area contributed by atoms with Crippen LogP contribution < -0.4 is 5.32 Å². The van der Waals surface area contributed by atoms with E-state index in [1.165, 1.54) is 6.07 Å². The van der Waals surface area contributed by atoms with Gasteiger partial charge in [-0.1, -0.05) is 6.92 Å². The van der Waals surface area contributed by atoms with Crippen LogP contribution in [0.2, 0.25) is 0 Å². The molecule has 0 saturated heterocycles. The van der Waals surface area contributed by atoms with Crippen LogP contribution in [-0.4, -0.2) is 25.2 Å². The Labute approximate surface area is 160 Å². The lowest BCUT2D eigenvalue weighted by atomic mass is 9.96. The Kier molecular flexibility index (Phi) is 3.79. The Morgan fingerprint density at radius 1 is 1.25 bits per heavy atom. The van der Waals surface area contributed by atoms with Gasteiger partial charge in [0.15, 0.2) is 17.5 Å². The van der Waals surface area contributed by atoms with Crippen LogP contribution in [0.5, 0.6) is 0 Å². The molecule has 6 nitrogen and oxygen atoms in total. The van der Waals surface area contributed by atoms with Crippen LogP contribution in [0.25, 0.3) is 11.0 Å². The Morgan fingerprint density at radius 2 is 1.96 bits per heavy atom. The van der Waals surface area contributed by atoms with Crippen molar-refractivity contribution in [3.8, 4) is 0 Å². The highest BCUT2D eigenvalue weighted by atomic mass is 19.2. The monoisotopic (exact) mass is 385 g/mol. The molecule has 1 aromatic carbocycles. The summed E-state index contributed by atoms with van der Waals surface area (Å²) in [6, 6.07) is 4.36. The van der Waals surface area contributed by atoms with Crippen molar-refractivity contribution in [2.24, 2.45) is 30.7 Å². The van der Waals surface area contributed by atoms with Crippen LogP contribution in [-0.2, 0) is 11.8 Å². The molecule has 0 spiro atoms. The van der Waals surface area contributed by atoms with Gasteiger partial charge in [0, 0.05) is 43.4 Å². The fourth-order valence-corrected chi connectivity index (χ4v) is 5.04. The van der Waals surface area contributed by atoms with Crippen LogP contribution in [0.15, 0.2) is 30.7 Å². The van der Waals surface area contributed by atoms with E-state index in [4.69, 9.17) is 0 Å². The first-order chi connectivity index (χ1) is 13.4. The molecular formula is C20H21F2N5O. The summed E-state index contributed by atoms with van der Waals surface area (Å²) in [7, 11) is 1.81. The van der Waals surface area contributed by atoms with Gasteiger partial charge in [-0.2, -0.15) is 5.10 Å². The number of rotatable bonds is 4. The SMILES string of the molecule is CC(C(=O)Nc1ccn(C)n1)[C@H]1[C@@H]2C[C@@H](n3cnc4cc(F)c(F)cc43)C[C@@H]21. The lowest BCUT2D eigenvalue weighted by Gasteiger charge is -2.19. The van der Waals surface area contributed by atoms with Crippen LogP contribution in [0.3, 0.4) is 0 Å². The number of carbonyl (C=O) groups excluding carboxylic acids is 1. The standard InChI is InChI=1S/C20H21F2N5O/c1-10(20(28)24-18-3-4-26(2)25-18)19-12-5-11(6-13(12)19)27-9-23-16-7-14(21)15(22)8-17(16)27/h3-4,7-13,19H,5-6H2,1-2H3,(H,24,25,28)/t10?,11-,12-,13+,19+. The van der Waals surface area contributed by atoms with Crippen molar-refractivity contribution in [3.05, 3.63) is 42.4 Å². The maximum Gasteiger partial charge on any atom is 0.228 e. The van der Waals surface area contributed by atoms with Crippen molar-refractivity contribution < 1.29 is 13.6 Å². The first-order valence-electron chi connectivity index (χ1n) is 9.54. The van der Waals surface area contributed by atoms with E-state index >= 15 is 0 Å². The van der Waals surface area contributed by atoms with E-state index in [1.807, 2.05) is 18.5 Å². The average molecular weight is 385 g/mol. The molecule has 2 aliphatic rings. The van der Waals surface area contributed by atoms with Crippen LogP contribution in [0.1, 0.15) is 25.8 Å². The number of halogens is 2. The maximum absolute atomic E-state index is 13.6. The number of amides is 1. The molecular weight excluding hydrogens is 364 g/mol. The van der Waals surface area contributed by atoms with E-state index in [9.17, 15) is 13.6 Å². The molecule has 2 fully saturated rings. The number of hydrogen-bond donors (Lipinski definition) is 1. The third-order valence-electron chi connectivity index (χ3n) is 6.45. The third kappa shape index (κ3) is 2.70. The molecule has 0 radical (unpaired) electrons. The number of benzene rings is 1. The Balaban J connectivity index is 1.26. The number of aromatic nitrogens is 4. The highest BCUT2D eigenvalue weighted by Gasteiger charge is 2.59. The van der Waals surface area contributed by atoms with Gasteiger partial charge in [-0.25, -0.2) is 13.8 Å². The van der Waals surface area contributed by atoms with E-state index in [1.54, 1.807) is 23.3 Å². The van der Waals surface area contributed by atoms with Crippen molar-refractivity contribution >= 4 is 22.8 Å². The number of fused-ring (bicyclic) bond motifs is 2. The molecule has 28 heavy (non-hydrogen) atoms. The van der Waals surface area contributed by atoms with Crippen molar-refractivity contribution in [1.29, 1.82) is 0 Å². The molecule has 1 amide bonds. The lowest BCUT2D eigenvalue weighted by Crippen LogP contribution is -2.24. The quantitative estimate of drug-likeness (QED) is 0.747. The third-order valence-corrected chi connectivity index (χ3v) is 6.45. The minimum Gasteiger partial charge on any atom is -0.327 e. The first kappa shape index (κ1) is 17.3. The fraction of sp³-hybridized carbons (Fsp3) is 0.450. The molecule has 2 aliphatic carbocycles. The second-order valence-corrected chi connectivity index (χ2v) is 8.09. The number of carbonyl (C=O) groups is 1. The number of imidazole rings is 1. The van der Waals surface area contributed by atoms with E-state index in [2.05, 4.69) is 15.4 Å². The van der Waals surface area contributed by atoms with Crippen LogP contribution in [0, 0.1) is 35.3 Å². The number of hydrogen-bond acceptors (Lipinski definition) is 3. The lowest BCUT2D eigenvalue weighted by molar-refractivity contribution is -0.120. The van der Waals surface area contributed by atoms with E-state index < -0.39 is 11.6 Å². The molecule has 146 valence electrons. The Morgan fingerprint density at radius 3 is 2.64 bits per heavy atom. The van der Waals surface area contributed by atoms with Gasteiger partial charge >= 0.3 is 0 Å². The zero-order valence-electron chi connectivity index (χ0n) is 15.6. The minimum atomic E-state index is -0.875. The van der Waals surface area contributed by atoms with Crippen LogP contribution in [0.4, 0.5) is 14.6 Å². The van der Waals surface area contributed by atoms with Gasteiger partial charge in [0.1, 0.15) is 0 Å². The molecule has 1 N–H and O–H groups in total. The molecule has 0 aliphatic heterocycles. The molecule has 5 atom stereocenters. The zero-order valence-corrected chi connectivity index (χ0v) is 15.6. The molecule has 3 aromatic rings. The minimum absolute atomic E-state index is 0.000256. The average Bonchev–Trinajstić information content (AvgIpc) is 3.05. The summed E-state index contributed by atoms with van der Waals surface area (Å²) in [5.41, 5.74) is 1.10. The maximum atomic E-state index is 13.6. The largest absolute Gasteiger partial charge is 0.327 e. The molecule has 2 heterocycles. The summed E-state index contributed by atoms with van der Waals surface area (Å²) in [6.45, 7) is 1.97. The van der Waals surface area contributed by atoms with Crippen molar-refractivity contribution in [3.63, 3.8) is 0 Å². The predicted molar refractivity (Wildman–Crippen MR) is 99.4 cm³/mol. The van der Waals surface area contributed by atoms with Crippen molar-refractivity contribution in [1.82, 2.24) is 19.3 Å². The van der Waals surface area contributed by atoms with E-state index in [0.717, 1.165) is 18.9 Å². The van der Waals surface area contributed by atoms with Crippen LogP contribution >= 0.6 is 0 Å². The number of aryl methyl sites for hydroxylation is 1. The van der Waals surface area contributed by atoms with E-state index in [0.29, 0.717) is 34.6 Å². The normalized spacial score (nSPS) is 27.0. The summed E-state index contributed by atoms with van der Waals surface area (Å²) in [5, 5.41) is 7.07. The molecule has 0 bridgehead atoms. The second kappa shape index (κ2) is 6.12. The number of anilines is 1. The van der Waals surface area contributed by atoms with Gasteiger partial charge in [-0.3, -0.25) is 9.48 Å². The van der Waals surface area contributed by atoms with Gasteiger partial charge in [-0.15, -0.1) is 0 Å². The summed E-state index contributed by atoms with van der Waals surface area (Å²) in [6.07, 6.45) is 5.33. The molecule has 1 unspecified atom stereocenters. The number of nitrogens with zero attached hydrogens (tertiary/aromatic N) is 4. The van der Waals surface area contributed by atoms with Gasteiger partial charge in [0.05, 0.1) is 17.4 Å². The highest BCUT2D eigenvalue weighted by molar-refractivity contribution is 5.91. The number of nitrogens with one attached hydrogen (secondary N) is 1. The van der Waals surface area contributed by atoms with E-state index in [-0.39, 0.29) is 17.9 Å². The molecule has 8 heteroatoms. The van der Waals surface area contributed by atoms with Gasteiger partial charge < -0.3 is 9.88 Å². The smallest absolute Gasteiger partial charge is 0.228 e. The summed E-state index contributed by atoms with van der Waals surface area (Å²) in [5.74, 6) is 0.0970. The second-order valence-electron chi connectivity index (χ2n) is 8.09. The van der Waals surface area contributed by atoms with Crippen molar-refractivity contribution in [2.45, 2.75) is 25.8 Å². The molecule has 5 rings (SSSR count). The zero-order chi connectivity index (χ0) is 19.6. The fourth-order valence-electron chi connectivity index (χ4n) is 5.04. The molecule has 2 aromatic heterocycles. The first-order valence-corrected chi connectivity index (χ1v) is 9.54. The van der Waals surface area contributed by atoms with Crippen molar-refractivity contribution in [2.75, 3.05) is 5.32 Å². The summed E-state index contributed by atoms with van der Waals surface area (Å²) >= 11 is 0. The Hall–Kier alpha value is -2.77. The summed E-state index contributed by atoms with van der Waals surface area (Å²) < 4.78 is 30.7. The highest BCUT2D eigenvalue weighted by Crippen LogP contribution is 2.64.